The molecule has 2 fully saturated rings. The van der Waals surface area contributed by atoms with Crippen molar-refractivity contribution in [2.24, 2.45) is 32.7 Å². The molecule has 3 heterocycles. The van der Waals surface area contributed by atoms with E-state index in [4.69, 9.17) is 10.2 Å². The van der Waals surface area contributed by atoms with Gasteiger partial charge in [0.25, 0.3) is 5.82 Å². The summed E-state index contributed by atoms with van der Waals surface area (Å²) < 4.78 is 5.46. The molecule has 0 spiro atoms. The molecular weight excluding hydrogens is 292 g/mol. The molecule has 4 unspecified atom stereocenters. The number of hydrogen-bond acceptors (Lipinski definition) is 6. The molecule has 7 heteroatoms. The average molecular weight is 311 g/mol. The smallest absolute Gasteiger partial charge is 0.286 e. The van der Waals surface area contributed by atoms with Crippen LogP contribution in [0.15, 0.2) is 49.8 Å². The summed E-state index contributed by atoms with van der Waals surface area (Å²) >= 11 is 0. The van der Waals surface area contributed by atoms with E-state index in [1.165, 1.54) is 25.7 Å². The molecule has 0 radical (unpaired) electrons. The minimum absolute atomic E-state index is 0.0733. The lowest BCUT2D eigenvalue weighted by Gasteiger charge is -2.31. The molecule has 2 aliphatic heterocycles. The van der Waals surface area contributed by atoms with Crippen molar-refractivity contribution in [2.45, 2.75) is 31.7 Å². The minimum atomic E-state index is 0.0733. The topological polar surface area (TPSA) is 88.3 Å². The van der Waals surface area contributed by atoms with E-state index in [0.29, 0.717) is 23.5 Å². The van der Waals surface area contributed by atoms with Gasteiger partial charge in [-0.25, -0.2) is 0 Å². The van der Waals surface area contributed by atoms with Gasteiger partial charge in [0.05, 0.1) is 18.4 Å². The maximum atomic E-state index is 5.96. The van der Waals surface area contributed by atoms with Gasteiger partial charge in [0.2, 0.25) is 12.2 Å². The molecular formula is C16H19N6O+. The first-order chi connectivity index (χ1) is 11.2. The van der Waals surface area contributed by atoms with Gasteiger partial charge in [-0.2, -0.15) is 9.98 Å². The monoisotopic (exact) mass is 311 g/mol. The SMILES string of the molecule is NC1=N[N+]2(NC3CC4CCC3C4)C=NC(c3ccco3)=NC2=C1. The number of aliphatic imine (C=N–C) groups is 2. The van der Waals surface area contributed by atoms with Crippen LogP contribution >= 0.6 is 0 Å². The molecule has 1 aromatic heterocycles. The Kier molecular flexibility index (Phi) is 2.66. The van der Waals surface area contributed by atoms with Crippen molar-refractivity contribution >= 4 is 18.0 Å². The zero-order valence-corrected chi connectivity index (χ0v) is 12.7. The number of quaternary nitrogens is 1. The van der Waals surface area contributed by atoms with Crippen LogP contribution in [0.25, 0.3) is 0 Å². The lowest BCUT2D eigenvalue weighted by molar-refractivity contribution is -0.853. The molecule has 3 N–H and O–H groups in total. The van der Waals surface area contributed by atoms with Crippen LogP contribution in [0.3, 0.4) is 0 Å². The number of nitrogens with zero attached hydrogens (tertiary/aromatic N) is 4. The number of rotatable bonds is 3. The Morgan fingerprint density at radius 1 is 1.30 bits per heavy atom. The molecule has 5 rings (SSSR count). The van der Waals surface area contributed by atoms with Crippen molar-refractivity contribution in [1.29, 1.82) is 0 Å². The van der Waals surface area contributed by atoms with Crippen LogP contribution in [-0.2, 0) is 0 Å². The predicted octanol–water partition coefficient (Wildman–Crippen LogP) is 1.71. The summed E-state index contributed by atoms with van der Waals surface area (Å²) in [7, 11) is 0. The first-order valence-corrected chi connectivity index (χ1v) is 8.14. The zero-order chi connectivity index (χ0) is 15.4. The van der Waals surface area contributed by atoms with Crippen molar-refractivity contribution in [2.75, 3.05) is 0 Å². The third-order valence-electron chi connectivity index (χ3n) is 5.31. The van der Waals surface area contributed by atoms with Gasteiger partial charge in [-0.05, 0) is 53.0 Å². The summed E-state index contributed by atoms with van der Waals surface area (Å²) in [6.07, 6.45) is 10.4. The Morgan fingerprint density at radius 2 is 2.26 bits per heavy atom. The second-order valence-corrected chi connectivity index (χ2v) is 6.78. The van der Waals surface area contributed by atoms with Gasteiger partial charge in [-0.3, -0.25) is 0 Å². The normalized spacial score (nSPS) is 37.6. The van der Waals surface area contributed by atoms with E-state index in [9.17, 15) is 0 Å². The van der Waals surface area contributed by atoms with Crippen molar-refractivity contribution in [1.82, 2.24) is 5.43 Å². The van der Waals surface area contributed by atoms with E-state index in [1.54, 1.807) is 18.7 Å². The van der Waals surface area contributed by atoms with Crippen LogP contribution in [0, 0.1) is 11.8 Å². The Bertz CT molecular complexity index is 762. The Balaban J connectivity index is 1.46. The molecule has 4 atom stereocenters. The lowest BCUT2D eigenvalue weighted by atomic mass is 9.96. The van der Waals surface area contributed by atoms with Crippen LogP contribution in [0.2, 0.25) is 0 Å². The van der Waals surface area contributed by atoms with Crippen LogP contribution in [0.4, 0.5) is 0 Å². The van der Waals surface area contributed by atoms with Crippen molar-refractivity contribution in [3.8, 4) is 0 Å². The molecule has 0 amide bonds. The summed E-state index contributed by atoms with van der Waals surface area (Å²) in [6, 6.07) is 4.11. The fraction of sp³-hybridized carbons (Fsp3) is 0.438. The lowest BCUT2D eigenvalue weighted by Crippen LogP contribution is -2.57. The number of fused-ring (bicyclic) bond motifs is 3. The van der Waals surface area contributed by atoms with Gasteiger partial charge in [0, 0.05) is 0 Å². The Labute approximate surface area is 133 Å². The van der Waals surface area contributed by atoms with E-state index < -0.39 is 0 Å². The van der Waals surface area contributed by atoms with Gasteiger partial charge >= 0.3 is 0 Å². The second-order valence-electron chi connectivity index (χ2n) is 6.78. The zero-order valence-electron chi connectivity index (χ0n) is 12.7. The maximum Gasteiger partial charge on any atom is 0.286 e. The van der Waals surface area contributed by atoms with Crippen LogP contribution < -0.4 is 11.2 Å². The third-order valence-corrected chi connectivity index (χ3v) is 5.31. The highest BCUT2D eigenvalue weighted by atomic mass is 16.3. The van der Waals surface area contributed by atoms with Crippen LogP contribution in [0.5, 0.6) is 0 Å². The number of nitrogens with one attached hydrogen (secondary N) is 1. The first-order valence-electron chi connectivity index (χ1n) is 8.14. The third kappa shape index (κ3) is 2.00. The van der Waals surface area contributed by atoms with Crippen molar-refractivity contribution in [3.63, 3.8) is 0 Å². The van der Waals surface area contributed by atoms with E-state index in [2.05, 4.69) is 20.5 Å². The summed E-state index contributed by atoms with van der Waals surface area (Å²) in [5, 5.41) is 4.55. The summed E-state index contributed by atoms with van der Waals surface area (Å²) in [5.41, 5.74) is 9.59. The number of nitrogens with two attached hydrogens (primary N) is 1. The van der Waals surface area contributed by atoms with Gasteiger partial charge in [0.1, 0.15) is 0 Å². The second kappa shape index (κ2) is 4.62. The molecule has 2 bridgehead atoms. The predicted molar refractivity (Wildman–Crippen MR) is 86.1 cm³/mol. The highest BCUT2D eigenvalue weighted by molar-refractivity contribution is 6.03. The largest absolute Gasteiger partial charge is 0.461 e. The average Bonchev–Trinajstić information content (AvgIpc) is 3.29. The van der Waals surface area contributed by atoms with Gasteiger partial charge in [-0.15, -0.1) is 5.43 Å². The molecule has 2 saturated carbocycles. The fourth-order valence-electron chi connectivity index (χ4n) is 4.27. The molecule has 23 heavy (non-hydrogen) atoms. The summed E-state index contributed by atoms with van der Waals surface area (Å²) in [5.74, 6) is 3.99. The molecule has 118 valence electrons. The number of amidine groups is 2. The molecule has 0 saturated heterocycles. The molecule has 7 nitrogen and oxygen atoms in total. The molecule has 2 aliphatic carbocycles. The summed E-state index contributed by atoms with van der Waals surface area (Å²) in [4.78, 5) is 9.08. The van der Waals surface area contributed by atoms with E-state index in [1.807, 2.05) is 12.1 Å². The maximum absolute atomic E-state index is 5.96. The van der Waals surface area contributed by atoms with Gasteiger partial charge in [-0.1, -0.05) is 6.42 Å². The van der Waals surface area contributed by atoms with Gasteiger partial charge < -0.3 is 10.2 Å². The van der Waals surface area contributed by atoms with Crippen LogP contribution in [0.1, 0.15) is 31.4 Å². The molecule has 4 aliphatic rings. The number of hydrogen-bond donors (Lipinski definition) is 2. The van der Waals surface area contributed by atoms with E-state index in [0.717, 1.165) is 17.7 Å². The fourth-order valence-corrected chi connectivity index (χ4v) is 4.27. The first kappa shape index (κ1) is 13.2. The molecule has 1 aromatic rings. The molecule has 0 aromatic carbocycles. The minimum Gasteiger partial charge on any atom is -0.461 e. The van der Waals surface area contributed by atoms with E-state index in [-0.39, 0.29) is 4.70 Å². The number of furan rings is 1. The quantitative estimate of drug-likeness (QED) is 0.833. The highest BCUT2D eigenvalue weighted by Gasteiger charge is 2.48. The Morgan fingerprint density at radius 3 is 3.00 bits per heavy atom. The standard InChI is InChI=1S/C16H19N6O/c17-14-8-15-19-16(13-2-1-5-23-13)18-9-22(15,21-14)20-12-7-10-3-4-11(12)6-10/h1-2,5,8-12,20H,3-4,6-7H2,(H2,17,21)/q+1. The summed E-state index contributed by atoms with van der Waals surface area (Å²) in [6.45, 7) is 0. The Hall–Kier alpha value is -2.25. The van der Waals surface area contributed by atoms with Gasteiger partial charge in [0.15, 0.2) is 11.6 Å². The van der Waals surface area contributed by atoms with E-state index >= 15 is 0 Å². The van der Waals surface area contributed by atoms with Crippen molar-refractivity contribution in [3.05, 3.63) is 36.1 Å². The highest BCUT2D eigenvalue weighted by Crippen LogP contribution is 2.45. The van der Waals surface area contributed by atoms with Crippen molar-refractivity contribution < 1.29 is 9.12 Å². The van der Waals surface area contributed by atoms with Crippen LogP contribution in [-0.4, -0.2) is 28.8 Å².